The average Bonchev–Trinajstić information content (AvgIpc) is 2.62. The van der Waals surface area contributed by atoms with E-state index in [2.05, 4.69) is 10.2 Å². The lowest BCUT2D eigenvalue weighted by atomic mass is 10.3. The minimum absolute atomic E-state index is 0.233. The molecule has 0 saturated carbocycles. The Morgan fingerprint density at radius 1 is 1.57 bits per heavy atom. The second-order valence-electron chi connectivity index (χ2n) is 2.73. The fourth-order valence-corrected chi connectivity index (χ4v) is 1.23. The zero-order valence-electron chi connectivity index (χ0n) is 7.51. The molecular weight excluding hydrogens is 182 g/mol. The molecule has 0 atom stereocenters. The molecule has 0 fully saturated rings. The van der Waals surface area contributed by atoms with E-state index in [0.717, 1.165) is 0 Å². The van der Waals surface area contributed by atoms with E-state index in [9.17, 15) is 4.79 Å². The summed E-state index contributed by atoms with van der Waals surface area (Å²) in [6.45, 7) is 2.36. The Bertz CT molecular complexity index is 573. The Morgan fingerprint density at radius 2 is 2.36 bits per heavy atom. The zero-order valence-corrected chi connectivity index (χ0v) is 7.51. The molecule has 0 spiro atoms. The van der Waals surface area contributed by atoms with Gasteiger partial charge in [-0.3, -0.25) is 9.36 Å². The number of aryl methyl sites for hydroxylation is 1. The van der Waals surface area contributed by atoms with Crippen LogP contribution in [0, 0.1) is 11.3 Å². The molecule has 2 aromatic rings. The van der Waals surface area contributed by atoms with Gasteiger partial charge < -0.3 is 0 Å². The van der Waals surface area contributed by atoms with Gasteiger partial charge in [0.15, 0.2) is 5.52 Å². The Morgan fingerprint density at radius 3 is 3.00 bits per heavy atom. The molecule has 14 heavy (non-hydrogen) atoms. The number of hydrogen-bond donors (Lipinski definition) is 0. The molecular formula is C8H7N5O. The van der Waals surface area contributed by atoms with Gasteiger partial charge >= 0.3 is 0 Å². The smallest absolute Gasteiger partial charge is 0.280 e. The van der Waals surface area contributed by atoms with Crippen molar-refractivity contribution in [2.24, 2.45) is 0 Å². The lowest BCUT2D eigenvalue weighted by Gasteiger charge is -1.99. The summed E-state index contributed by atoms with van der Waals surface area (Å²) in [4.78, 5) is 11.7. The summed E-state index contributed by atoms with van der Waals surface area (Å²) < 4.78 is 2.60. The van der Waals surface area contributed by atoms with Crippen LogP contribution in [-0.4, -0.2) is 19.4 Å². The highest BCUT2D eigenvalue weighted by atomic mass is 16.1. The Balaban J connectivity index is 2.93. The Labute approximate surface area is 79.0 Å². The number of nitriles is 1. The topological polar surface area (TPSA) is 76.0 Å². The first kappa shape index (κ1) is 8.44. The van der Waals surface area contributed by atoms with Gasteiger partial charge in [0.05, 0.1) is 6.20 Å². The normalized spacial score (nSPS) is 10.3. The molecule has 6 nitrogen and oxygen atoms in total. The van der Waals surface area contributed by atoms with Crippen molar-refractivity contribution in [3.8, 4) is 6.07 Å². The highest BCUT2D eigenvalue weighted by Crippen LogP contribution is 2.01. The van der Waals surface area contributed by atoms with Gasteiger partial charge in [0, 0.05) is 6.54 Å². The van der Waals surface area contributed by atoms with Crippen LogP contribution in [0.4, 0.5) is 0 Å². The van der Waals surface area contributed by atoms with Crippen LogP contribution in [0.3, 0.4) is 0 Å². The fraction of sp³-hybridized carbons (Fsp3) is 0.250. The van der Waals surface area contributed by atoms with Gasteiger partial charge in [0.1, 0.15) is 18.0 Å². The first-order chi connectivity index (χ1) is 6.77. The first-order valence-corrected chi connectivity index (χ1v) is 4.11. The molecule has 0 aliphatic heterocycles. The maximum Gasteiger partial charge on any atom is 0.280 e. The Kier molecular flexibility index (Phi) is 1.78. The minimum atomic E-state index is -0.239. The van der Waals surface area contributed by atoms with Crippen LogP contribution in [0.2, 0.25) is 0 Å². The summed E-state index contributed by atoms with van der Waals surface area (Å²) in [7, 11) is 0. The third kappa shape index (κ3) is 0.992. The zero-order chi connectivity index (χ0) is 10.1. The lowest BCUT2D eigenvalue weighted by molar-refractivity contribution is 0.656. The van der Waals surface area contributed by atoms with Crippen LogP contribution in [0.15, 0.2) is 17.3 Å². The molecule has 2 heterocycles. The summed E-state index contributed by atoms with van der Waals surface area (Å²) in [5.41, 5.74) is 0.249. The molecule has 0 amide bonds. The molecule has 6 heteroatoms. The quantitative estimate of drug-likeness (QED) is 0.621. The van der Waals surface area contributed by atoms with Gasteiger partial charge in [-0.05, 0) is 6.92 Å². The fourth-order valence-electron chi connectivity index (χ4n) is 1.23. The van der Waals surface area contributed by atoms with Crippen LogP contribution in [0.5, 0.6) is 0 Å². The van der Waals surface area contributed by atoms with Crippen molar-refractivity contribution in [2.45, 2.75) is 13.5 Å². The second kappa shape index (κ2) is 2.96. The van der Waals surface area contributed by atoms with E-state index in [1.165, 1.54) is 21.7 Å². The molecule has 0 N–H and O–H groups in total. The summed E-state index contributed by atoms with van der Waals surface area (Å²) in [6, 6.07) is 1.91. The van der Waals surface area contributed by atoms with Gasteiger partial charge in [-0.1, -0.05) is 0 Å². The van der Waals surface area contributed by atoms with Crippen molar-refractivity contribution in [3.63, 3.8) is 0 Å². The molecule has 0 aromatic carbocycles. The monoisotopic (exact) mass is 189 g/mol. The number of hydrogen-bond acceptors (Lipinski definition) is 4. The number of aromatic nitrogens is 4. The minimum Gasteiger partial charge on any atom is -0.296 e. The van der Waals surface area contributed by atoms with Crippen molar-refractivity contribution in [1.82, 2.24) is 19.4 Å². The highest BCUT2D eigenvalue weighted by Gasteiger charge is 2.09. The third-order valence-corrected chi connectivity index (χ3v) is 1.98. The third-order valence-electron chi connectivity index (χ3n) is 1.98. The van der Waals surface area contributed by atoms with E-state index in [-0.39, 0.29) is 16.6 Å². The summed E-state index contributed by atoms with van der Waals surface area (Å²) in [5.74, 6) is 0. The number of nitrogens with zero attached hydrogens (tertiary/aromatic N) is 5. The van der Waals surface area contributed by atoms with Crippen LogP contribution >= 0.6 is 0 Å². The van der Waals surface area contributed by atoms with Crippen LogP contribution < -0.4 is 5.56 Å². The molecule has 0 radical (unpaired) electrons. The predicted octanol–water partition coefficient (Wildman–Crippen LogP) is -0.217. The molecule has 0 bridgehead atoms. The Hall–Kier alpha value is -2.16. The van der Waals surface area contributed by atoms with E-state index >= 15 is 0 Å². The van der Waals surface area contributed by atoms with Gasteiger partial charge in [-0.25, -0.2) is 0 Å². The van der Waals surface area contributed by atoms with E-state index in [4.69, 9.17) is 5.26 Å². The first-order valence-electron chi connectivity index (χ1n) is 4.11. The molecule has 0 saturated heterocycles. The van der Waals surface area contributed by atoms with Crippen molar-refractivity contribution in [3.05, 3.63) is 28.4 Å². The van der Waals surface area contributed by atoms with Gasteiger partial charge in [0.2, 0.25) is 0 Å². The largest absolute Gasteiger partial charge is 0.296 e. The number of rotatable bonds is 1. The predicted molar refractivity (Wildman–Crippen MR) is 47.6 cm³/mol. The summed E-state index contributed by atoms with van der Waals surface area (Å²) in [5, 5.41) is 16.4. The molecule has 2 rings (SSSR count). The average molecular weight is 189 g/mol. The number of fused-ring (bicyclic) bond motifs is 1. The van der Waals surface area contributed by atoms with Gasteiger partial charge in [-0.2, -0.15) is 10.4 Å². The van der Waals surface area contributed by atoms with Crippen molar-refractivity contribution < 1.29 is 0 Å². The lowest BCUT2D eigenvalue weighted by Crippen LogP contribution is -2.22. The van der Waals surface area contributed by atoms with E-state index < -0.39 is 0 Å². The molecule has 0 aliphatic carbocycles. The SMILES string of the molecule is CCn1cnn2ncc(C#N)c2c1=O. The van der Waals surface area contributed by atoms with E-state index in [1.54, 1.807) is 0 Å². The van der Waals surface area contributed by atoms with Crippen molar-refractivity contribution in [1.29, 1.82) is 5.26 Å². The maximum absolute atomic E-state index is 11.7. The van der Waals surface area contributed by atoms with Crippen LogP contribution in [0.1, 0.15) is 12.5 Å². The summed E-state index contributed by atoms with van der Waals surface area (Å²) >= 11 is 0. The second-order valence-corrected chi connectivity index (χ2v) is 2.73. The summed E-state index contributed by atoms with van der Waals surface area (Å²) in [6.07, 6.45) is 2.74. The molecule has 0 unspecified atom stereocenters. The maximum atomic E-state index is 11.7. The van der Waals surface area contributed by atoms with Gasteiger partial charge in [0.25, 0.3) is 5.56 Å². The standard InChI is InChI=1S/C8H7N5O/c1-2-12-5-11-13-7(8(12)14)6(3-9)4-10-13/h4-5H,2H2,1H3. The van der Waals surface area contributed by atoms with E-state index in [1.807, 2.05) is 13.0 Å². The van der Waals surface area contributed by atoms with Crippen molar-refractivity contribution >= 4 is 5.52 Å². The molecule has 0 aliphatic rings. The van der Waals surface area contributed by atoms with Crippen molar-refractivity contribution in [2.75, 3.05) is 0 Å². The highest BCUT2D eigenvalue weighted by molar-refractivity contribution is 5.57. The molecule has 2 aromatic heterocycles. The van der Waals surface area contributed by atoms with E-state index in [0.29, 0.717) is 6.54 Å². The molecule has 70 valence electrons. The van der Waals surface area contributed by atoms with Crippen LogP contribution in [-0.2, 0) is 6.54 Å². The van der Waals surface area contributed by atoms with Crippen LogP contribution in [0.25, 0.3) is 5.52 Å². The van der Waals surface area contributed by atoms with Gasteiger partial charge in [-0.15, -0.1) is 9.73 Å².